The van der Waals surface area contributed by atoms with Crippen LogP contribution < -0.4 is 0 Å². The average Bonchev–Trinajstić information content (AvgIpc) is 2.92. The van der Waals surface area contributed by atoms with Crippen LogP contribution in [0.1, 0.15) is 34.7 Å². The average molecular weight is 319 g/mol. The standard InChI is InChI=1S/C15H11F2N3OS/c1-7-18-13(6-22-7)14-19-15(21-20-14)11-5-10(11)9-3-2-8(16)4-12(9)17/h2-4,6,10-11H,5H2,1H3/t10-,11+/m0/s1. The Balaban J connectivity index is 1.56. The molecular weight excluding hydrogens is 308 g/mol. The maximum Gasteiger partial charge on any atom is 0.230 e. The zero-order valence-corrected chi connectivity index (χ0v) is 12.4. The third kappa shape index (κ3) is 2.31. The molecule has 0 amide bonds. The fourth-order valence-corrected chi connectivity index (χ4v) is 3.16. The van der Waals surface area contributed by atoms with Crippen LogP contribution in [0.25, 0.3) is 11.5 Å². The van der Waals surface area contributed by atoms with Crippen molar-refractivity contribution in [3.8, 4) is 11.5 Å². The van der Waals surface area contributed by atoms with E-state index in [-0.39, 0.29) is 11.8 Å². The first-order chi connectivity index (χ1) is 10.6. The predicted molar refractivity (Wildman–Crippen MR) is 76.6 cm³/mol. The Hall–Kier alpha value is -2.15. The normalized spacial score (nSPS) is 20.3. The molecule has 1 aromatic carbocycles. The Kier molecular flexibility index (Phi) is 3.04. The highest BCUT2D eigenvalue weighted by atomic mass is 32.1. The molecule has 4 rings (SSSR count). The van der Waals surface area contributed by atoms with Crippen molar-refractivity contribution in [1.29, 1.82) is 0 Å². The summed E-state index contributed by atoms with van der Waals surface area (Å²) in [7, 11) is 0. The third-order valence-corrected chi connectivity index (χ3v) is 4.53. The molecule has 1 aliphatic carbocycles. The molecule has 0 spiro atoms. The number of hydrogen-bond acceptors (Lipinski definition) is 5. The van der Waals surface area contributed by atoms with Crippen molar-refractivity contribution in [2.24, 2.45) is 0 Å². The number of nitrogens with zero attached hydrogens (tertiary/aromatic N) is 3. The minimum absolute atomic E-state index is 0.0130. The molecule has 2 atom stereocenters. The quantitative estimate of drug-likeness (QED) is 0.731. The lowest BCUT2D eigenvalue weighted by atomic mass is 10.1. The van der Waals surface area contributed by atoms with Crippen LogP contribution in [0.5, 0.6) is 0 Å². The van der Waals surface area contributed by atoms with Gasteiger partial charge in [0.2, 0.25) is 11.7 Å². The first kappa shape index (κ1) is 13.5. The van der Waals surface area contributed by atoms with Crippen LogP contribution in [0.2, 0.25) is 0 Å². The van der Waals surface area contributed by atoms with Crippen LogP contribution in [0, 0.1) is 18.6 Å². The maximum atomic E-state index is 13.8. The summed E-state index contributed by atoms with van der Waals surface area (Å²) in [6, 6.07) is 3.66. The second kappa shape index (κ2) is 4.95. The molecule has 2 aromatic heterocycles. The van der Waals surface area contributed by atoms with Crippen molar-refractivity contribution in [1.82, 2.24) is 15.1 Å². The number of benzene rings is 1. The summed E-state index contributed by atoms with van der Waals surface area (Å²) in [6.45, 7) is 1.91. The van der Waals surface area contributed by atoms with Gasteiger partial charge in [-0.3, -0.25) is 0 Å². The van der Waals surface area contributed by atoms with Crippen LogP contribution in [0.4, 0.5) is 8.78 Å². The zero-order valence-electron chi connectivity index (χ0n) is 11.6. The van der Waals surface area contributed by atoms with Gasteiger partial charge in [0, 0.05) is 17.4 Å². The Bertz CT molecular complexity index is 845. The summed E-state index contributed by atoms with van der Waals surface area (Å²) in [4.78, 5) is 8.66. The Morgan fingerprint density at radius 3 is 2.82 bits per heavy atom. The van der Waals surface area contributed by atoms with E-state index in [9.17, 15) is 8.78 Å². The molecule has 22 heavy (non-hydrogen) atoms. The van der Waals surface area contributed by atoms with Gasteiger partial charge in [-0.1, -0.05) is 11.2 Å². The van der Waals surface area contributed by atoms with Crippen molar-refractivity contribution in [3.63, 3.8) is 0 Å². The molecule has 1 aliphatic rings. The van der Waals surface area contributed by atoms with Gasteiger partial charge in [0.25, 0.3) is 0 Å². The van der Waals surface area contributed by atoms with Gasteiger partial charge < -0.3 is 4.52 Å². The number of thiazole rings is 1. The second-order valence-electron chi connectivity index (χ2n) is 5.32. The lowest BCUT2D eigenvalue weighted by molar-refractivity contribution is 0.378. The fourth-order valence-electron chi connectivity index (χ4n) is 2.57. The van der Waals surface area contributed by atoms with Crippen molar-refractivity contribution < 1.29 is 13.3 Å². The van der Waals surface area contributed by atoms with Crippen LogP contribution in [-0.2, 0) is 0 Å². The lowest BCUT2D eigenvalue weighted by Gasteiger charge is -2.00. The van der Waals surface area contributed by atoms with E-state index in [1.807, 2.05) is 12.3 Å². The maximum absolute atomic E-state index is 13.8. The number of halogens is 2. The third-order valence-electron chi connectivity index (χ3n) is 3.76. The lowest BCUT2D eigenvalue weighted by Crippen LogP contribution is -1.91. The molecule has 0 bridgehead atoms. The Morgan fingerprint density at radius 2 is 2.09 bits per heavy atom. The molecule has 7 heteroatoms. The van der Waals surface area contributed by atoms with Crippen LogP contribution in [-0.4, -0.2) is 15.1 Å². The molecule has 0 aliphatic heterocycles. The second-order valence-corrected chi connectivity index (χ2v) is 6.38. The monoisotopic (exact) mass is 319 g/mol. The van der Waals surface area contributed by atoms with Gasteiger partial charge in [-0.2, -0.15) is 4.98 Å². The highest BCUT2D eigenvalue weighted by molar-refractivity contribution is 7.09. The molecule has 2 heterocycles. The van der Waals surface area contributed by atoms with Crippen LogP contribution in [0.15, 0.2) is 28.1 Å². The highest BCUT2D eigenvalue weighted by Gasteiger charge is 2.45. The van der Waals surface area contributed by atoms with Crippen LogP contribution in [0.3, 0.4) is 0 Å². The van der Waals surface area contributed by atoms with Gasteiger partial charge in [0.15, 0.2) is 0 Å². The first-order valence-corrected chi connectivity index (χ1v) is 7.71. The van der Waals surface area contributed by atoms with Gasteiger partial charge in [0.05, 0.1) is 5.01 Å². The van der Waals surface area contributed by atoms with E-state index in [1.165, 1.54) is 23.5 Å². The first-order valence-electron chi connectivity index (χ1n) is 6.83. The van der Waals surface area contributed by atoms with Crippen molar-refractivity contribution in [3.05, 3.63) is 51.7 Å². The Morgan fingerprint density at radius 1 is 1.23 bits per heavy atom. The van der Waals surface area contributed by atoms with Gasteiger partial charge in [-0.15, -0.1) is 11.3 Å². The Labute approximate surface area is 128 Å². The van der Waals surface area contributed by atoms with E-state index < -0.39 is 11.6 Å². The molecule has 0 saturated heterocycles. The van der Waals surface area contributed by atoms with Gasteiger partial charge in [-0.05, 0) is 30.9 Å². The molecule has 1 saturated carbocycles. The fraction of sp³-hybridized carbons (Fsp3) is 0.267. The number of hydrogen-bond donors (Lipinski definition) is 0. The van der Waals surface area contributed by atoms with Gasteiger partial charge in [-0.25, -0.2) is 13.8 Å². The molecule has 4 nitrogen and oxygen atoms in total. The molecule has 0 N–H and O–H groups in total. The number of rotatable bonds is 3. The van der Waals surface area contributed by atoms with Gasteiger partial charge in [0.1, 0.15) is 17.3 Å². The molecule has 112 valence electrons. The minimum atomic E-state index is -0.572. The minimum Gasteiger partial charge on any atom is -0.339 e. The van der Waals surface area contributed by atoms with E-state index in [0.717, 1.165) is 17.5 Å². The summed E-state index contributed by atoms with van der Waals surface area (Å²) >= 11 is 1.52. The van der Waals surface area contributed by atoms with E-state index >= 15 is 0 Å². The largest absolute Gasteiger partial charge is 0.339 e. The summed E-state index contributed by atoms with van der Waals surface area (Å²) < 4.78 is 32.0. The summed E-state index contributed by atoms with van der Waals surface area (Å²) in [5.41, 5.74) is 1.18. The predicted octanol–water partition coefficient (Wildman–Crippen LogP) is 4.05. The van der Waals surface area contributed by atoms with E-state index in [0.29, 0.717) is 23.0 Å². The smallest absolute Gasteiger partial charge is 0.230 e. The zero-order chi connectivity index (χ0) is 15.3. The SMILES string of the molecule is Cc1nc(-c2noc([C@@H]3C[C@H]3c3ccc(F)cc3F)n2)cs1. The van der Waals surface area contributed by atoms with E-state index in [1.54, 1.807) is 0 Å². The van der Waals surface area contributed by atoms with E-state index in [2.05, 4.69) is 15.1 Å². The van der Waals surface area contributed by atoms with Crippen LogP contribution >= 0.6 is 11.3 Å². The summed E-state index contributed by atoms with van der Waals surface area (Å²) in [6.07, 6.45) is 0.722. The van der Waals surface area contributed by atoms with Crippen molar-refractivity contribution >= 4 is 11.3 Å². The molecule has 0 unspecified atom stereocenters. The van der Waals surface area contributed by atoms with Crippen molar-refractivity contribution in [2.75, 3.05) is 0 Å². The molecule has 1 fully saturated rings. The van der Waals surface area contributed by atoms with E-state index in [4.69, 9.17) is 4.52 Å². The number of aromatic nitrogens is 3. The molecule has 0 radical (unpaired) electrons. The highest BCUT2D eigenvalue weighted by Crippen LogP contribution is 2.54. The molecule has 3 aromatic rings. The summed E-state index contributed by atoms with van der Waals surface area (Å²) in [5.74, 6) is -0.217. The molecular formula is C15H11F2N3OS. The van der Waals surface area contributed by atoms with Gasteiger partial charge >= 0.3 is 0 Å². The van der Waals surface area contributed by atoms with Crippen molar-refractivity contribution in [2.45, 2.75) is 25.2 Å². The number of aryl methyl sites for hydroxylation is 1. The summed E-state index contributed by atoms with van der Waals surface area (Å²) in [5, 5.41) is 6.73. The topological polar surface area (TPSA) is 51.8 Å².